The molecule has 1 aromatic rings. The maximum Gasteiger partial charge on any atom is 0.321 e. The van der Waals surface area contributed by atoms with E-state index in [1.165, 1.54) is 12.1 Å². The third kappa shape index (κ3) is 4.85. The minimum atomic E-state index is -3.64. The van der Waals surface area contributed by atoms with Gasteiger partial charge in [-0.3, -0.25) is 4.79 Å². The Morgan fingerprint density at radius 3 is 2.56 bits per heavy atom. The zero-order valence-corrected chi connectivity index (χ0v) is 11.1. The molecule has 0 aliphatic heterocycles. The van der Waals surface area contributed by atoms with Gasteiger partial charge in [-0.05, 0) is 18.6 Å². The van der Waals surface area contributed by atoms with Gasteiger partial charge in [-0.25, -0.2) is 8.42 Å². The zero-order valence-electron chi connectivity index (χ0n) is 10.3. The fourth-order valence-corrected chi connectivity index (χ4v) is 2.21. The molecule has 0 saturated heterocycles. The van der Waals surface area contributed by atoms with E-state index in [9.17, 15) is 13.2 Å². The van der Waals surface area contributed by atoms with E-state index in [0.717, 1.165) is 12.8 Å². The van der Waals surface area contributed by atoms with Gasteiger partial charge in [0, 0.05) is 0 Å². The first kappa shape index (κ1) is 14.7. The predicted molar refractivity (Wildman–Crippen MR) is 67.5 cm³/mol. The first-order valence-corrected chi connectivity index (χ1v) is 7.25. The Labute approximate surface area is 107 Å². The number of sulfonamides is 1. The number of hydrogen-bond acceptors (Lipinski definition) is 4. The molecule has 0 spiro atoms. The Bertz CT molecular complexity index is 470. The van der Waals surface area contributed by atoms with Crippen LogP contribution in [0.15, 0.2) is 35.2 Å². The van der Waals surface area contributed by atoms with Gasteiger partial charge in [0.15, 0.2) is 0 Å². The molecule has 1 aromatic carbocycles. The standard InChI is InChI=1S/C12H17NO4S/c1-2-3-9-17-12(14)10-13-18(15,16)11-7-5-4-6-8-11/h4-8,13H,2-3,9-10H2,1H3. The van der Waals surface area contributed by atoms with Crippen LogP contribution >= 0.6 is 0 Å². The minimum absolute atomic E-state index is 0.131. The molecule has 1 N–H and O–H groups in total. The summed E-state index contributed by atoms with van der Waals surface area (Å²) in [7, 11) is -3.64. The van der Waals surface area contributed by atoms with Crippen molar-refractivity contribution in [3.8, 4) is 0 Å². The summed E-state index contributed by atoms with van der Waals surface area (Å²) in [4.78, 5) is 11.4. The summed E-state index contributed by atoms with van der Waals surface area (Å²) in [5.74, 6) is -0.567. The molecule has 0 heterocycles. The lowest BCUT2D eigenvalue weighted by atomic mass is 10.4. The van der Waals surface area contributed by atoms with E-state index < -0.39 is 16.0 Å². The molecule has 18 heavy (non-hydrogen) atoms. The predicted octanol–water partition coefficient (Wildman–Crippen LogP) is 1.31. The number of unbranched alkanes of at least 4 members (excludes halogenated alkanes) is 1. The molecule has 0 atom stereocenters. The van der Waals surface area contributed by atoms with Crippen LogP contribution in [-0.2, 0) is 19.6 Å². The molecule has 0 bridgehead atoms. The van der Waals surface area contributed by atoms with E-state index in [2.05, 4.69) is 4.72 Å². The minimum Gasteiger partial charge on any atom is -0.465 e. The lowest BCUT2D eigenvalue weighted by Crippen LogP contribution is -2.30. The summed E-state index contributed by atoms with van der Waals surface area (Å²) in [6.07, 6.45) is 1.69. The van der Waals surface area contributed by atoms with Crippen molar-refractivity contribution in [2.75, 3.05) is 13.2 Å². The van der Waals surface area contributed by atoms with Crippen molar-refractivity contribution in [1.29, 1.82) is 0 Å². The summed E-state index contributed by atoms with van der Waals surface area (Å²) >= 11 is 0. The van der Waals surface area contributed by atoms with Gasteiger partial charge in [0.25, 0.3) is 0 Å². The van der Waals surface area contributed by atoms with Crippen LogP contribution in [0, 0.1) is 0 Å². The van der Waals surface area contributed by atoms with Gasteiger partial charge in [-0.15, -0.1) is 0 Å². The molecule has 0 fully saturated rings. The number of esters is 1. The summed E-state index contributed by atoms with van der Waals surface area (Å²) < 4.78 is 30.5. The Morgan fingerprint density at radius 2 is 1.94 bits per heavy atom. The van der Waals surface area contributed by atoms with Gasteiger partial charge < -0.3 is 4.74 Å². The van der Waals surface area contributed by atoms with Gasteiger partial charge in [-0.2, -0.15) is 4.72 Å². The van der Waals surface area contributed by atoms with Gasteiger partial charge in [-0.1, -0.05) is 31.5 Å². The van der Waals surface area contributed by atoms with Crippen LogP contribution in [0.4, 0.5) is 0 Å². The first-order valence-electron chi connectivity index (χ1n) is 5.76. The maximum absolute atomic E-state index is 11.7. The molecule has 1 rings (SSSR count). The molecule has 0 saturated carbocycles. The van der Waals surface area contributed by atoms with E-state index in [-0.39, 0.29) is 11.4 Å². The summed E-state index contributed by atoms with van der Waals surface area (Å²) in [5.41, 5.74) is 0. The lowest BCUT2D eigenvalue weighted by Gasteiger charge is -2.06. The Kier molecular flexibility index (Phi) is 5.80. The van der Waals surface area contributed by atoms with Crippen molar-refractivity contribution in [2.24, 2.45) is 0 Å². The summed E-state index contributed by atoms with van der Waals surface area (Å²) in [6.45, 7) is 1.95. The molecule has 0 aliphatic rings. The number of carbonyl (C=O) groups excluding carboxylic acids is 1. The third-order valence-electron chi connectivity index (χ3n) is 2.22. The molecular formula is C12H17NO4S. The van der Waals surface area contributed by atoms with Gasteiger partial charge >= 0.3 is 5.97 Å². The molecule has 5 nitrogen and oxygen atoms in total. The number of nitrogens with one attached hydrogen (secondary N) is 1. The second-order valence-electron chi connectivity index (χ2n) is 3.71. The quantitative estimate of drug-likeness (QED) is 0.599. The van der Waals surface area contributed by atoms with Crippen molar-refractivity contribution < 1.29 is 17.9 Å². The number of ether oxygens (including phenoxy) is 1. The van der Waals surface area contributed by atoms with E-state index in [1.807, 2.05) is 6.92 Å². The molecule has 100 valence electrons. The Morgan fingerprint density at radius 1 is 1.28 bits per heavy atom. The molecule has 6 heteroatoms. The third-order valence-corrected chi connectivity index (χ3v) is 3.64. The van der Waals surface area contributed by atoms with Crippen LogP contribution in [-0.4, -0.2) is 27.5 Å². The lowest BCUT2D eigenvalue weighted by molar-refractivity contribution is -0.142. The van der Waals surface area contributed by atoms with E-state index >= 15 is 0 Å². The van der Waals surface area contributed by atoms with Crippen molar-refractivity contribution in [1.82, 2.24) is 4.72 Å². The normalized spacial score (nSPS) is 11.2. The number of rotatable bonds is 7. The van der Waals surface area contributed by atoms with Crippen LogP contribution in [0.3, 0.4) is 0 Å². The maximum atomic E-state index is 11.7. The van der Waals surface area contributed by atoms with Crippen molar-refractivity contribution in [3.05, 3.63) is 30.3 Å². The monoisotopic (exact) mass is 271 g/mol. The average molecular weight is 271 g/mol. The molecule has 0 radical (unpaired) electrons. The molecule has 0 amide bonds. The van der Waals surface area contributed by atoms with Crippen molar-refractivity contribution in [3.63, 3.8) is 0 Å². The van der Waals surface area contributed by atoms with Crippen LogP contribution in [0.25, 0.3) is 0 Å². The number of benzene rings is 1. The van der Waals surface area contributed by atoms with E-state index in [4.69, 9.17) is 4.74 Å². The highest BCUT2D eigenvalue weighted by Crippen LogP contribution is 2.06. The smallest absolute Gasteiger partial charge is 0.321 e. The topological polar surface area (TPSA) is 72.5 Å². The summed E-state index contributed by atoms with van der Waals surface area (Å²) in [5, 5.41) is 0. The van der Waals surface area contributed by atoms with Gasteiger partial charge in [0.2, 0.25) is 10.0 Å². The summed E-state index contributed by atoms with van der Waals surface area (Å²) in [6, 6.07) is 7.88. The Balaban J connectivity index is 2.46. The number of carbonyl (C=O) groups is 1. The zero-order chi connectivity index (χ0) is 13.4. The Hall–Kier alpha value is -1.40. The second kappa shape index (κ2) is 7.13. The molecular weight excluding hydrogens is 254 g/mol. The highest BCUT2D eigenvalue weighted by molar-refractivity contribution is 7.89. The van der Waals surface area contributed by atoms with Crippen molar-refractivity contribution in [2.45, 2.75) is 24.7 Å². The van der Waals surface area contributed by atoms with Gasteiger partial charge in [0.1, 0.15) is 6.54 Å². The largest absolute Gasteiger partial charge is 0.465 e. The van der Waals surface area contributed by atoms with E-state index in [1.54, 1.807) is 18.2 Å². The molecule has 0 aliphatic carbocycles. The van der Waals surface area contributed by atoms with Crippen LogP contribution in [0.1, 0.15) is 19.8 Å². The highest BCUT2D eigenvalue weighted by Gasteiger charge is 2.15. The molecule has 0 aromatic heterocycles. The van der Waals surface area contributed by atoms with Crippen LogP contribution < -0.4 is 4.72 Å². The van der Waals surface area contributed by atoms with Crippen LogP contribution in [0.2, 0.25) is 0 Å². The SMILES string of the molecule is CCCCOC(=O)CNS(=O)(=O)c1ccccc1. The average Bonchev–Trinajstić information content (AvgIpc) is 2.38. The fraction of sp³-hybridized carbons (Fsp3) is 0.417. The second-order valence-corrected chi connectivity index (χ2v) is 5.48. The van der Waals surface area contributed by atoms with Crippen LogP contribution in [0.5, 0.6) is 0 Å². The van der Waals surface area contributed by atoms with E-state index in [0.29, 0.717) is 6.61 Å². The number of hydrogen-bond donors (Lipinski definition) is 1. The highest BCUT2D eigenvalue weighted by atomic mass is 32.2. The van der Waals surface area contributed by atoms with Crippen molar-refractivity contribution >= 4 is 16.0 Å². The first-order chi connectivity index (χ1) is 8.56. The van der Waals surface area contributed by atoms with Gasteiger partial charge in [0.05, 0.1) is 11.5 Å². The fourth-order valence-electron chi connectivity index (χ4n) is 1.22. The molecule has 0 unspecified atom stereocenters.